The lowest BCUT2D eigenvalue weighted by Crippen LogP contribution is -2.53. The molecule has 0 aliphatic heterocycles. The van der Waals surface area contributed by atoms with Crippen molar-refractivity contribution in [3.05, 3.63) is 29.8 Å². The van der Waals surface area contributed by atoms with Crippen molar-refractivity contribution in [1.29, 1.82) is 0 Å². The predicted molar refractivity (Wildman–Crippen MR) is 70.3 cm³/mol. The fourth-order valence-corrected chi connectivity index (χ4v) is 5.21. The van der Waals surface area contributed by atoms with Gasteiger partial charge in [0.1, 0.15) is 0 Å². The third-order valence-electron chi connectivity index (χ3n) is 3.05. The molecular weight excluding hydrogens is 216 g/mol. The zero-order chi connectivity index (χ0) is 12.0. The summed E-state index contributed by atoms with van der Waals surface area (Å²) in [5, 5.41) is 1.30. The highest BCUT2D eigenvalue weighted by molar-refractivity contribution is 6.81. The van der Waals surface area contributed by atoms with Crippen molar-refractivity contribution in [2.45, 2.75) is 32.7 Å². The molecule has 0 bridgehead atoms. The standard InChI is InChI=1S/C13H22O2Si/c1-5-11-16(14-3,15-4)13-10-8-7-9-12(13)6-2/h7-10H,5-6,11H2,1-4H3. The van der Waals surface area contributed by atoms with Crippen molar-refractivity contribution in [2.75, 3.05) is 14.2 Å². The third-order valence-corrected chi connectivity index (χ3v) is 6.83. The largest absolute Gasteiger partial charge is 0.394 e. The Morgan fingerprint density at radius 1 is 1.06 bits per heavy atom. The molecule has 0 aliphatic carbocycles. The van der Waals surface area contributed by atoms with Gasteiger partial charge in [0.2, 0.25) is 0 Å². The first-order chi connectivity index (χ1) is 7.74. The molecule has 2 nitrogen and oxygen atoms in total. The summed E-state index contributed by atoms with van der Waals surface area (Å²) in [5.41, 5.74) is 1.35. The fourth-order valence-electron chi connectivity index (χ4n) is 2.17. The van der Waals surface area contributed by atoms with Crippen LogP contribution in [-0.4, -0.2) is 22.8 Å². The third kappa shape index (κ3) is 2.54. The Bertz CT molecular complexity index is 321. The van der Waals surface area contributed by atoms with Crippen LogP contribution in [0.15, 0.2) is 24.3 Å². The van der Waals surface area contributed by atoms with Crippen LogP contribution in [0.1, 0.15) is 25.8 Å². The number of benzene rings is 1. The molecule has 0 fully saturated rings. The second kappa shape index (κ2) is 6.18. The van der Waals surface area contributed by atoms with Crippen LogP contribution in [0.4, 0.5) is 0 Å². The molecule has 0 aliphatic rings. The maximum atomic E-state index is 5.77. The molecule has 0 heterocycles. The summed E-state index contributed by atoms with van der Waals surface area (Å²) >= 11 is 0. The zero-order valence-electron chi connectivity index (χ0n) is 10.7. The van der Waals surface area contributed by atoms with Crippen LogP contribution in [0.3, 0.4) is 0 Å². The lowest BCUT2D eigenvalue weighted by molar-refractivity contribution is 0.256. The van der Waals surface area contributed by atoms with E-state index in [4.69, 9.17) is 8.85 Å². The van der Waals surface area contributed by atoms with Gasteiger partial charge in [-0.1, -0.05) is 44.5 Å². The summed E-state index contributed by atoms with van der Waals surface area (Å²) < 4.78 is 11.5. The lowest BCUT2D eigenvalue weighted by Gasteiger charge is -2.29. The fraction of sp³-hybridized carbons (Fsp3) is 0.538. The van der Waals surface area contributed by atoms with E-state index < -0.39 is 8.56 Å². The molecule has 0 saturated carbocycles. The van der Waals surface area contributed by atoms with Crippen molar-refractivity contribution in [1.82, 2.24) is 0 Å². The number of hydrogen-bond acceptors (Lipinski definition) is 2. The van der Waals surface area contributed by atoms with Gasteiger partial charge in [-0.15, -0.1) is 0 Å². The second-order valence-corrected chi connectivity index (χ2v) is 7.28. The minimum Gasteiger partial charge on any atom is -0.394 e. The highest BCUT2D eigenvalue weighted by Gasteiger charge is 2.38. The van der Waals surface area contributed by atoms with Crippen molar-refractivity contribution in [3.63, 3.8) is 0 Å². The normalized spacial score (nSPS) is 11.8. The SMILES string of the molecule is CCC[Si](OC)(OC)c1ccccc1CC. The average molecular weight is 238 g/mol. The van der Waals surface area contributed by atoms with Crippen LogP contribution >= 0.6 is 0 Å². The highest BCUT2D eigenvalue weighted by atomic mass is 28.4. The van der Waals surface area contributed by atoms with Gasteiger partial charge in [0.15, 0.2) is 0 Å². The minimum atomic E-state index is -2.19. The van der Waals surface area contributed by atoms with Gasteiger partial charge in [0.25, 0.3) is 0 Å². The van der Waals surface area contributed by atoms with Crippen LogP contribution < -0.4 is 5.19 Å². The Morgan fingerprint density at radius 2 is 1.69 bits per heavy atom. The van der Waals surface area contributed by atoms with Crippen LogP contribution in [0.25, 0.3) is 0 Å². The summed E-state index contributed by atoms with van der Waals surface area (Å²) in [4.78, 5) is 0. The number of aryl methyl sites for hydroxylation is 1. The summed E-state index contributed by atoms with van der Waals surface area (Å²) in [5.74, 6) is 0. The van der Waals surface area contributed by atoms with Crippen LogP contribution in [0, 0.1) is 0 Å². The van der Waals surface area contributed by atoms with Crippen molar-refractivity contribution in [2.24, 2.45) is 0 Å². The molecule has 0 amide bonds. The van der Waals surface area contributed by atoms with Gasteiger partial charge in [0, 0.05) is 14.2 Å². The number of hydrogen-bond donors (Lipinski definition) is 0. The van der Waals surface area contributed by atoms with Gasteiger partial charge in [-0.2, -0.15) is 0 Å². The second-order valence-electron chi connectivity index (χ2n) is 3.92. The summed E-state index contributed by atoms with van der Waals surface area (Å²) in [6.07, 6.45) is 2.12. The van der Waals surface area contributed by atoms with Crippen LogP contribution in [0.2, 0.25) is 6.04 Å². The molecule has 0 radical (unpaired) electrons. The molecule has 0 atom stereocenters. The Balaban J connectivity index is 3.18. The van der Waals surface area contributed by atoms with E-state index in [1.165, 1.54) is 10.8 Å². The van der Waals surface area contributed by atoms with Gasteiger partial charge in [-0.3, -0.25) is 0 Å². The Morgan fingerprint density at radius 3 is 2.19 bits per heavy atom. The van der Waals surface area contributed by atoms with Gasteiger partial charge < -0.3 is 8.85 Å². The predicted octanol–water partition coefficient (Wildman–Crippen LogP) is 2.60. The van der Waals surface area contributed by atoms with Crippen molar-refractivity contribution < 1.29 is 8.85 Å². The molecule has 1 aromatic rings. The maximum absolute atomic E-state index is 5.77. The van der Waals surface area contributed by atoms with E-state index >= 15 is 0 Å². The molecule has 16 heavy (non-hydrogen) atoms. The van der Waals surface area contributed by atoms with Gasteiger partial charge in [-0.25, -0.2) is 0 Å². The maximum Gasteiger partial charge on any atom is 0.372 e. The average Bonchev–Trinajstić information content (AvgIpc) is 2.36. The smallest absolute Gasteiger partial charge is 0.372 e. The molecule has 0 aromatic heterocycles. The topological polar surface area (TPSA) is 18.5 Å². The van der Waals surface area contributed by atoms with Crippen LogP contribution in [-0.2, 0) is 15.3 Å². The van der Waals surface area contributed by atoms with Crippen LogP contribution in [0.5, 0.6) is 0 Å². The molecule has 0 saturated heterocycles. The van der Waals surface area contributed by atoms with E-state index in [2.05, 4.69) is 38.1 Å². The van der Waals surface area contributed by atoms with E-state index in [9.17, 15) is 0 Å². The summed E-state index contributed by atoms with van der Waals surface area (Å²) in [6, 6.07) is 9.50. The number of rotatable bonds is 6. The molecule has 1 rings (SSSR count). The van der Waals surface area contributed by atoms with Gasteiger partial charge in [-0.05, 0) is 23.2 Å². The Labute approximate surface area is 99.8 Å². The summed E-state index contributed by atoms with van der Waals surface area (Å²) in [7, 11) is 1.37. The van der Waals surface area contributed by atoms with Gasteiger partial charge in [0.05, 0.1) is 0 Å². The van der Waals surface area contributed by atoms with Crippen molar-refractivity contribution >= 4 is 13.7 Å². The monoisotopic (exact) mass is 238 g/mol. The highest BCUT2D eigenvalue weighted by Crippen LogP contribution is 2.17. The van der Waals surface area contributed by atoms with E-state index in [1.54, 1.807) is 14.2 Å². The first-order valence-electron chi connectivity index (χ1n) is 5.92. The molecule has 90 valence electrons. The van der Waals surface area contributed by atoms with E-state index in [0.29, 0.717) is 0 Å². The van der Waals surface area contributed by atoms with E-state index in [1.807, 2.05) is 0 Å². The Hall–Kier alpha value is -0.643. The summed E-state index contributed by atoms with van der Waals surface area (Å²) in [6.45, 7) is 4.35. The van der Waals surface area contributed by atoms with Crippen molar-refractivity contribution in [3.8, 4) is 0 Å². The van der Waals surface area contributed by atoms with Gasteiger partial charge >= 0.3 is 8.56 Å². The van der Waals surface area contributed by atoms with E-state index in [-0.39, 0.29) is 0 Å². The quantitative estimate of drug-likeness (QED) is 0.709. The molecule has 0 spiro atoms. The molecule has 0 unspecified atom stereocenters. The lowest BCUT2D eigenvalue weighted by atomic mass is 10.2. The minimum absolute atomic E-state index is 1.01. The zero-order valence-corrected chi connectivity index (χ0v) is 11.7. The molecule has 0 N–H and O–H groups in total. The molecule has 1 aromatic carbocycles. The first kappa shape index (κ1) is 13.4. The molecular formula is C13H22O2Si. The Kier molecular flexibility index (Phi) is 5.18. The van der Waals surface area contributed by atoms with E-state index in [0.717, 1.165) is 18.9 Å². The molecule has 3 heteroatoms. The first-order valence-corrected chi connectivity index (χ1v) is 7.95.